The number of nitrogens with two attached hydrogens (primary N) is 1. The Balaban J connectivity index is 2.41. The van der Waals surface area contributed by atoms with Gasteiger partial charge in [0.1, 0.15) is 0 Å². The Morgan fingerprint density at radius 3 is 2.83 bits per heavy atom. The molecule has 0 radical (unpaired) electrons. The third-order valence-electron chi connectivity index (χ3n) is 2.54. The van der Waals surface area contributed by atoms with Crippen molar-refractivity contribution in [2.45, 2.75) is 38.1 Å². The van der Waals surface area contributed by atoms with Crippen LogP contribution in [0.2, 0.25) is 0 Å². The van der Waals surface area contributed by atoms with Gasteiger partial charge >= 0.3 is 0 Å². The van der Waals surface area contributed by atoms with Gasteiger partial charge < -0.3 is 5.73 Å². The fourth-order valence-electron chi connectivity index (χ4n) is 1.62. The van der Waals surface area contributed by atoms with Crippen LogP contribution in [0.15, 0.2) is 0 Å². The zero-order valence-electron chi connectivity index (χ0n) is 8.29. The van der Waals surface area contributed by atoms with Gasteiger partial charge in [0, 0.05) is 36.2 Å². The number of thioether (sulfide) groups is 1. The molecule has 3 atom stereocenters. The SMILES string of the molecule is CC1SCCN(C[C@H](C)N)C1C. The van der Waals surface area contributed by atoms with E-state index in [1.54, 1.807) is 0 Å². The van der Waals surface area contributed by atoms with Crippen LogP contribution in [0, 0.1) is 0 Å². The lowest BCUT2D eigenvalue weighted by Crippen LogP contribution is -2.48. The fraction of sp³-hybridized carbons (Fsp3) is 1.00. The van der Waals surface area contributed by atoms with Gasteiger partial charge in [0.15, 0.2) is 0 Å². The van der Waals surface area contributed by atoms with Crippen molar-refractivity contribution in [3.8, 4) is 0 Å². The molecular weight excluding hydrogens is 168 g/mol. The van der Waals surface area contributed by atoms with E-state index >= 15 is 0 Å². The molecule has 0 aliphatic carbocycles. The summed E-state index contributed by atoms with van der Waals surface area (Å²) in [5.74, 6) is 1.26. The summed E-state index contributed by atoms with van der Waals surface area (Å²) in [6.45, 7) is 8.95. The first-order valence-electron chi connectivity index (χ1n) is 4.72. The van der Waals surface area contributed by atoms with E-state index < -0.39 is 0 Å². The summed E-state index contributed by atoms with van der Waals surface area (Å²) < 4.78 is 0. The van der Waals surface area contributed by atoms with E-state index in [9.17, 15) is 0 Å². The molecule has 1 aliphatic rings. The molecule has 0 saturated carbocycles. The number of hydrogen-bond acceptors (Lipinski definition) is 3. The molecule has 0 bridgehead atoms. The number of rotatable bonds is 2. The van der Waals surface area contributed by atoms with Crippen molar-refractivity contribution in [2.24, 2.45) is 5.73 Å². The maximum Gasteiger partial charge on any atom is 0.0184 e. The van der Waals surface area contributed by atoms with Crippen molar-refractivity contribution in [3.63, 3.8) is 0 Å². The van der Waals surface area contributed by atoms with E-state index in [1.807, 2.05) is 0 Å². The summed E-state index contributed by atoms with van der Waals surface area (Å²) in [5, 5.41) is 0.762. The Bertz CT molecular complexity index is 138. The van der Waals surface area contributed by atoms with E-state index in [2.05, 4.69) is 37.4 Å². The molecule has 2 unspecified atom stereocenters. The summed E-state index contributed by atoms with van der Waals surface area (Å²) in [7, 11) is 0. The van der Waals surface area contributed by atoms with Gasteiger partial charge in [-0.3, -0.25) is 4.90 Å². The van der Waals surface area contributed by atoms with Crippen LogP contribution in [0.25, 0.3) is 0 Å². The highest BCUT2D eigenvalue weighted by Crippen LogP contribution is 2.23. The van der Waals surface area contributed by atoms with Crippen molar-refractivity contribution in [1.82, 2.24) is 4.90 Å². The van der Waals surface area contributed by atoms with Crippen LogP contribution in [-0.4, -0.2) is 41.1 Å². The standard InChI is InChI=1S/C9H20N2S/c1-7(10)6-11-4-5-12-9(3)8(11)2/h7-9H,4-6,10H2,1-3H3/t7-,8?,9?/m0/s1. The smallest absolute Gasteiger partial charge is 0.0184 e. The van der Waals surface area contributed by atoms with Crippen LogP contribution in [0.1, 0.15) is 20.8 Å². The average Bonchev–Trinajstić information content (AvgIpc) is 1.98. The number of hydrogen-bond donors (Lipinski definition) is 1. The minimum absolute atomic E-state index is 0.308. The molecule has 72 valence electrons. The third kappa shape index (κ3) is 2.64. The molecule has 1 aliphatic heterocycles. The van der Waals surface area contributed by atoms with E-state index in [0.717, 1.165) is 11.8 Å². The van der Waals surface area contributed by atoms with Crippen molar-refractivity contribution in [2.75, 3.05) is 18.8 Å². The first-order chi connectivity index (χ1) is 5.61. The average molecular weight is 188 g/mol. The quantitative estimate of drug-likeness (QED) is 0.705. The largest absolute Gasteiger partial charge is 0.327 e. The summed E-state index contributed by atoms with van der Waals surface area (Å²) in [4.78, 5) is 2.51. The molecule has 1 saturated heterocycles. The van der Waals surface area contributed by atoms with Crippen molar-refractivity contribution in [3.05, 3.63) is 0 Å². The lowest BCUT2D eigenvalue weighted by molar-refractivity contribution is 0.204. The van der Waals surface area contributed by atoms with Crippen LogP contribution in [0.3, 0.4) is 0 Å². The highest BCUT2D eigenvalue weighted by Gasteiger charge is 2.25. The van der Waals surface area contributed by atoms with Crippen molar-refractivity contribution < 1.29 is 0 Å². The summed E-state index contributed by atoms with van der Waals surface area (Å²) >= 11 is 2.07. The molecule has 3 heteroatoms. The maximum atomic E-state index is 5.78. The van der Waals surface area contributed by atoms with Gasteiger partial charge in [0.25, 0.3) is 0 Å². The molecular formula is C9H20N2S. The molecule has 1 heterocycles. The maximum absolute atomic E-state index is 5.78. The zero-order chi connectivity index (χ0) is 9.14. The lowest BCUT2D eigenvalue weighted by Gasteiger charge is -2.38. The summed E-state index contributed by atoms with van der Waals surface area (Å²) in [5.41, 5.74) is 5.78. The first-order valence-corrected chi connectivity index (χ1v) is 5.77. The monoisotopic (exact) mass is 188 g/mol. The Hall–Kier alpha value is 0.270. The van der Waals surface area contributed by atoms with Crippen LogP contribution < -0.4 is 5.73 Å². The fourth-order valence-corrected chi connectivity index (χ4v) is 2.79. The van der Waals surface area contributed by atoms with Crippen molar-refractivity contribution >= 4 is 11.8 Å². The summed E-state index contributed by atoms with van der Waals surface area (Å²) in [6.07, 6.45) is 0. The van der Waals surface area contributed by atoms with E-state index in [4.69, 9.17) is 5.73 Å². The van der Waals surface area contributed by atoms with Crippen LogP contribution in [0.5, 0.6) is 0 Å². The van der Waals surface area contributed by atoms with Gasteiger partial charge in [-0.05, 0) is 13.8 Å². The first kappa shape index (κ1) is 10.4. The predicted molar refractivity (Wildman–Crippen MR) is 56.6 cm³/mol. The topological polar surface area (TPSA) is 29.3 Å². The van der Waals surface area contributed by atoms with Gasteiger partial charge in [0.2, 0.25) is 0 Å². The molecule has 0 aromatic carbocycles. The minimum Gasteiger partial charge on any atom is -0.327 e. The molecule has 2 N–H and O–H groups in total. The van der Waals surface area contributed by atoms with Gasteiger partial charge in [-0.25, -0.2) is 0 Å². The van der Waals surface area contributed by atoms with Crippen LogP contribution >= 0.6 is 11.8 Å². The summed E-state index contributed by atoms with van der Waals surface area (Å²) in [6, 6.07) is 0.998. The second-order valence-corrected chi connectivity index (χ2v) is 5.27. The molecule has 0 amide bonds. The minimum atomic E-state index is 0.308. The Morgan fingerprint density at radius 2 is 2.25 bits per heavy atom. The molecule has 0 spiro atoms. The zero-order valence-corrected chi connectivity index (χ0v) is 9.10. The second-order valence-electron chi connectivity index (χ2n) is 3.79. The lowest BCUT2D eigenvalue weighted by atomic mass is 10.2. The second kappa shape index (κ2) is 4.49. The van der Waals surface area contributed by atoms with Crippen molar-refractivity contribution in [1.29, 1.82) is 0 Å². The third-order valence-corrected chi connectivity index (χ3v) is 3.87. The van der Waals surface area contributed by atoms with Gasteiger partial charge in [-0.1, -0.05) is 6.92 Å². The van der Waals surface area contributed by atoms with E-state index in [-0.39, 0.29) is 0 Å². The Morgan fingerprint density at radius 1 is 1.58 bits per heavy atom. The highest BCUT2D eigenvalue weighted by molar-refractivity contribution is 8.00. The van der Waals surface area contributed by atoms with Gasteiger partial charge in [0.05, 0.1) is 0 Å². The Labute approximate surface area is 79.9 Å². The predicted octanol–water partition coefficient (Wildman–Crippen LogP) is 1.16. The van der Waals surface area contributed by atoms with Crippen LogP contribution in [0.4, 0.5) is 0 Å². The molecule has 1 fully saturated rings. The molecule has 0 aromatic heterocycles. The molecule has 1 rings (SSSR count). The van der Waals surface area contributed by atoms with Crippen LogP contribution in [-0.2, 0) is 0 Å². The molecule has 2 nitrogen and oxygen atoms in total. The van der Waals surface area contributed by atoms with E-state index in [0.29, 0.717) is 12.1 Å². The van der Waals surface area contributed by atoms with Gasteiger partial charge in [-0.15, -0.1) is 0 Å². The Kier molecular flexibility index (Phi) is 3.87. The molecule has 0 aromatic rings. The highest BCUT2D eigenvalue weighted by atomic mass is 32.2. The number of nitrogens with zero attached hydrogens (tertiary/aromatic N) is 1. The normalized spacial score (nSPS) is 35.0. The molecule has 12 heavy (non-hydrogen) atoms. The van der Waals surface area contributed by atoms with Gasteiger partial charge in [-0.2, -0.15) is 11.8 Å². The van der Waals surface area contributed by atoms with E-state index in [1.165, 1.54) is 12.3 Å².